The number of rotatable bonds is 4. The molecule has 1 unspecified atom stereocenters. The molecular formula is C14H21Cl2N3. The van der Waals surface area contributed by atoms with Crippen molar-refractivity contribution in [2.45, 2.75) is 26.3 Å². The zero-order valence-electron chi connectivity index (χ0n) is 11.5. The van der Waals surface area contributed by atoms with Crippen molar-refractivity contribution >= 4 is 23.2 Å². The molecule has 1 aliphatic heterocycles. The van der Waals surface area contributed by atoms with Crippen molar-refractivity contribution in [3.63, 3.8) is 0 Å². The Morgan fingerprint density at radius 1 is 1.47 bits per heavy atom. The normalized spacial score (nSPS) is 20.7. The van der Waals surface area contributed by atoms with Gasteiger partial charge in [-0.1, -0.05) is 23.2 Å². The second kappa shape index (κ2) is 6.89. The van der Waals surface area contributed by atoms with Crippen LogP contribution in [0.2, 0.25) is 10.2 Å². The Morgan fingerprint density at radius 2 is 2.26 bits per heavy atom. The van der Waals surface area contributed by atoms with Crippen LogP contribution in [0.3, 0.4) is 0 Å². The fourth-order valence-electron chi connectivity index (χ4n) is 2.74. The summed E-state index contributed by atoms with van der Waals surface area (Å²) in [7, 11) is 2.01. The van der Waals surface area contributed by atoms with E-state index in [-0.39, 0.29) is 0 Å². The minimum Gasteiger partial charge on any atom is -0.319 e. The Bertz CT molecular complexity index is 412. The summed E-state index contributed by atoms with van der Waals surface area (Å²) in [5.74, 6) is 0.717. The maximum Gasteiger partial charge on any atom is 0.135 e. The van der Waals surface area contributed by atoms with Crippen LogP contribution in [0.5, 0.6) is 0 Å². The molecule has 2 heterocycles. The first kappa shape index (κ1) is 15.0. The molecule has 1 aromatic rings. The van der Waals surface area contributed by atoms with Crippen LogP contribution < -0.4 is 5.32 Å². The Labute approximate surface area is 125 Å². The van der Waals surface area contributed by atoms with Crippen LogP contribution >= 0.6 is 23.2 Å². The van der Waals surface area contributed by atoms with Gasteiger partial charge in [0, 0.05) is 29.4 Å². The predicted octanol–water partition coefficient (Wildman–Crippen LogP) is 3.13. The summed E-state index contributed by atoms with van der Waals surface area (Å²) < 4.78 is 0. The lowest BCUT2D eigenvalue weighted by Crippen LogP contribution is -2.38. The van der Waals surface area contributed by atoms with Crippen molar-refractivity contribution in [2.75, 3.05) is 26.7 Å². The van der Waals surface area contributed by atoms with Gasteiger partial charge in [0.2, 0.25) is 0 Å². The molecule has 5 heteroatoms. The number of hydrogen-bond donors (Lipinski definition) is 1. The number of pyridine rings is 1. The summed E-state index contributed by atoms with van der Waals surface area (Å²) in [6.07, 6.45) is 2.53. The average molecular weight is 302 g/mol. The molecule has 1 N–H and O–H groups in total. The highest BCUT2D eigenvalue weighted by Gasteiger charge is 2.21. The van der Waals surface area contributed by atoms with E-state index in [1.54, 1.807) is 0 Å². The molecule has 0 amide bonds. The van der Waals surface area contributed by atoms with E-state index in [4.69, 9.17) is 23.2 Å². The molecule has 1 aliphatic rings. The van der Waals surface area contributed by atoms with Crippen molar-refractivity contribution in [1.29, 1.82) is 0 Å². The molecule has 0 bridgehead atoms. The molecule has 0 aromatic carbocycles. The first-order chi connectivity index (χ1) is 9.10. The van der Waals surface area contributed by atoms with Crippen LogP contribution in [-0.2, 0) is 6.54 Å². The fraction of sp³-hybridized carbons (Fsp3) is 0.643. The van der Waals surface area contributed by atoms with Crippen molar-refractivity contribution in [3.05, 3.63) is 27.5 Å². The highest BCUT2D eigenvalue weighted by Crippen LogP contribution is 2.27. The molecule has 19 heavy (non-hydrogen) atoms. The number of nitrogens with zero attached hydrogens (tertiary/aromatic N) is 2. The van der Waals surface area contributed by atoms with Gasteiger partial charge in [-0.2, -0.15) is 0 Å². The highest BCUT2D eigenvalue weighted by atomic mass is 35.5. The zero-order chi connectivity index (χ0) is 13.8. The first-order valence-corrected chi connectivity index (χ1v) is 7.54. The van der Waals surface area contributed by atoms with Gasteiger partial charge >= 0.3 is 0 Å². The molecular weight excluding hydrogens is 281 g/mol. The molecule has 1 saturated heterocycles. The quantitative estimate of drug-likeness (QED) is 0.866. The van der Waals surface area contributed by atoms with Gasteiger partial charge < -0.3 is 5.32 Å². The van der Waals surface area contributed by atoms with Crippen LogP contribution in [-0.4, -0.2) is 36.6 Å². The van der Waals surface area contributed by atoms with Gasteiger partial charge in [0.25, 0.3) is 0 Å². The van der Waals surface area contributed by atoms with Crippen LogP contribution in [0.1, 0.15) is 24.1 Å². The van der Waals surface area contributed by atoms with E-state index in [1.807, 2.05) is 20.0 Å². The minimum absolute atomic E-state index is 0.542. The van der Waals surface area contributed by atoms with E-state index < -0.39 is 0 Å². The molecule has 0 radical (unpaired) electrons. The van der Waals surface area contributed by atoms with Crippen LogP contribution in [0.25, 0.3) is 0 Å². The number of aromatic nitrogens is 1. The van der Waals surface area contributed by atoms with Gasteiger partial charge in [-0.25, -0.2) is 4.98 Å². The van der Waals surface area contributed by atoms with Crippen molar-refractivity contribution in [1.82, 2.24) is 15.2 Å². The number of nitrogens with one attached hydrogen (secondary N) is 1. The molecule has 1 fully saturated rings. The summed E-state index contributed by atoms with van der Waals surface area (Å²) in [4.78, 5) is 6.72. The Kier molecular flexibility index (Phi) is 5.46. The van der Waals surface area contributed by atoms with Gasteiger partial charge in [-0.05, 0) is 51.9 Å². The van der Waals surface area contributed by atoms with Gasteiger partial charge in [-0.3, -0.25) is 4.90 Å². The molecule has 3 nitrogen and oxygen atoms in total. The van der Waals surface area contributed by atoms with Crippen molar-refractivity contribution in [2.24, 2.45) is 5.92 Å². The molecule has 106 valence electrons. The molecule has 0 aliphatic carbocycles. The average Bonchev–Trinajstić information content (AvgIpc) is 2.35. The number of halogens is 2. The van der Waals surface area contributed by atoms with Gasteiger partial charge in [0.05, 0.1) is 0 Å². The van der Waals surface area contributed by atoms with E-state index in [9.17, 15) is 0 Å². The summed E-state index contributed by atoms with van der Waals surface area (Å²) in [6, 6.07) is 1.89. The second-order valence-electron chi connectivity index (χ2n) is 5.32. The molecule has 1 atom stereocenters. The maximum absolute atomic E-state index is 6.29. The number of likely N-dealkylation sites (tertiary alicyclic amines) is 1. The van der Waals surface area contributed by atoms with Gasteiger partial charge in [-0.15, -0.1) is 0 Å². The van der Waals surface area contributed by atoms with Gasteiger partial charge in [0.15, 0.2) is 0 Å². The SMILES string of the molecule is CNCC1CCCN(Cc2c(Cl)cc(C)nc2Cl)C1. The summed E-state index contributed by atoms with van der Waals surface area (Å²) >= 11 is 12.5. The third-order valence-electron chi connectivity index (χ3n) is 3.63. The largest absolute Gasteiger partial charge is 0.319 e. The lowest BCUT2D eigenvalue weighted by molar-refractivity contribution is 0.167. The van der Waals surface area contributed by atoms with Gasteiger partial charge in [0.1, 0.15) is 5.15 Å². The number of piperidine rings is 1. The number of hydrogen-bond acceptors (Lipinski definition) is 3. The number of aryl methyl sites for hydroxylation is 1. The molecule has 0 saturated carbocycles. The molecule has 2 rings (SSSR count). The monoisotopic (exact) mass is 301 g/mol. The molecule has 0 spiro atoms. The van der Waals surface area contributed by atoms with E-state index >= 15 is 0 Å². The third kappa shape index (κ3) is 4.06. The smallest absolute Gasteiger partial charge is 0.135 e. The van der Waals surface area contributed by atoms with E-state index in [1.165, 1.54) is 12.8 Å². The van der Waals surface area contributed by atoms with Crippen LogP contribution in [0.15, 0.2) is 6.07 Å². The topological polar surface area (TPSA) is 28.2 Å². The van der Waals surface area contributed by atoms with Crippen LogP contribution in [0, 0.1) is 12.8 Å². The first-order valence-electron chi connectivity index (χ1n) is 6.78. The lowest BCUT2D eigenvalue weighted by atomic mass is 9.97. The third-order valence-corrected chi connectivity index (χ3v) is 4.27. The fourth-order valence-corrected chi connectivity index (χ4v) is 3.39. The summed E-state index contributed by atoms with van der Waals surface area (Å²) in [6.45, 7) is 5.99. The maximum atomic E-state index is 6.29. The Morgan fingerprint density at radius 3 is 2.95 bits per heavy atom. The highest BCUT2D eigenvalue weighted by molar-refractivity contribution is 6.35. The predicted molar refractivity (Wildman–Crippen MR) is 80.9 cm³/mol. The Hall–Kier alpha value is -0.350. The van der Waals surface area contributed by atoms with Crippen molar-refractivity contribution < 1.29 is 0 Å². The minimum atomic E-state index is 0.542. The molecule has 1 aromatic heterocycles. The standard InChI is InChI=1S/C14H21Cl2N3/c1-10-6-13(15)12(14(16)18-10)9-19-5-3-4-11(8-19)7-17-2/h6,11,17H,3-5,7-9H2,1-2H3. The van der Waals surface area contributed by atoms with E-state index in [2.05, 4.69) is 15.2 Å². The van der Waals surface area contributed by atoms with E-state index in [0.717, 1.165) is 48.4 Å². The second-order valence-corrected chi connectivity index (χ2v) is 6.08. The summed E-state index contributed by atoms with van der Waals surface area (Å²) in [5.41, 5.74) is 1.82. The van der Waals surface area contributed by atoms with E-state index in [0.29, 0.717) is 5.15 Å². The zero-order valence-corrected chi connectivity index (χ0v) is 13.1. The lowest BCUT2D eigenvalue weighted by Gasteiger charge is -2.33. The van der Waals surface area contributed by atoms with Crippen LogP contribution in [0.4, 0.5) is 0 Å². The summed E-state index contributed by atoms with van der Waals surface area (Å²) in [5, 5.41) is 4.53. The van der Waals surface area contributed by atoms with Crippen molar-refractivity contribution in [3.8, 4) is 0 Å². The Balaban J connectivity index is 2.04.